The minimum absolute atomic E-state index is 0.0101. The summed E-state index contributed by atoms with van der Waals surface area (Å²) in [5, 5.41) is 11.2. The topological polar surface area (TPSA) is 177 Å². The van der Waals surface area contributed by atoms with Crippen molar-refractivity contribution in [1.82, 2.24) is 5.32 Å². The van der Waals surface area contributed by atoms with Crippen LogP contribution in [0.3, 0.4) is 0 Å². The highest BCUT2D eigenvalue weighted by Crippen LogP contribution is 1.90. The van der Waals surface area contributed by atoms with E-state index in [0.717, 1.165) is 0 Å². The summed E-state index contributed by atoms with van der Waals surface area (Å²) in [6.07, 6.45) is 0.478. The van der Waals surface area contributed by atoms with Crippen LogP contribution in [0.1, 0.15) is 26.2 Å². The smallest absolute Gasteiger partial charge is 0.303 e. The van der Waals surface area contributed by atoms with Gasteiger partial charge in [0, 0.05) is 26.2 Å². The van der Waals surface area contributed by atoms with Crippen LogP contribution in [0, 0.1) is 0 Å². The maximum absolute atomic E-state index is 11.4. The van der Waals surface area contributed by atoms with Gasteiger partial charge in [-0.05, 0) is 13.3 Å². The first-order chi connectivity index (χ1) is 23.2. The monoisotopic (exact) mass is 687 g/mol. The fourth-order valence-electron chi connectivity index (χ4n) is 3.27. The highest BCUT2D eigenvalue weighted by atomic mass is 16.6. The van der Waals surface area contributed by atoms with Crippen molar-refractivity contribution in [2.45, 2.75) is 26.2 Å². The average Bonchev–Trinajstić information content (AvgIpc) is 3.06. The van der Waals surface area contributed by atoms with E-state index >= 15 is 0 Å². The van der Waals surface area contributed by atoms with Gasteiger partial charge in [0.1, 0.15) is 0 Å². The highest BCUT2D eigenvalue weighted by molar-refractivity contribution is 5.80. The number of hydrogen-bond acceptors (Lipinski definition) is 14. The van der Waals surface area contributed by atoms with Crippen LogP contribution in [0.5, 0.6) is 0 Å². The fourth-order valence-corrected chi connectivity index (χ4v) is 3.27. The van der Waals surface area contributed by atoms with Gasteiger partial charge in [0.15, 0.2) is 0 Å². The number of nitrogens with one attached hydrogen (secondary N) is 1. The molecule has 0 saturated heterocycles. The zero-order valence-corrected chi connectivity index (χ0v) is 28.5. The molecule has 0 aromatic heterocycles. The van der Waals surface area contributed by atoms with Crippen molar-refractivity contribution >= 4 is 11.9 Å². The summed E-state index contributed by atoms with van der Waals surface area (Å²) in [4.78, 5) is 21.8. The van der Waals surface area contributed by atoms with Crippen LogP contribution < -0.4 is 5.32 Å². The molecule has 0 radical (unpaired) electrons. The summed E-state index contributed by atoms with van der Waals surface area (Å²) in [5.41, 5.74) is 0. The Balaban J connectivity index is 3.08. The van der Waals surface area contributed by atoms with E-state index in [9.17, 15) is 9.59 Å². The molecule has 0 spiro atoms. The SMILES string of the molecule is CCOCCOCCOCCOCCOCCOCCOCCOCCOCCOCCOCCOCCCNC(=O)CCC(=O)O. The van der Waals surface area contributed by atoms with Gasteiger partial charge in [-0.1, -0.05) is 0 Å². The van der Waals surface area contributed by atoms with E-state index in [1.807, 2.05) is 6.92 Å². The van der Waals surface area contributed by atoms with Crippen molar-refractivity contribution in [2.24, 2.45) is 0 Å². The third kappa shape index (κ3) is 42.4. The van der Waals surface area contributed by atoms with E-state index in [1.165, 1.54) is 0 Å². The first-order valence-electron chi connectivity index (χ1n) is 16.6. The molecular weight excluding hydrogens is 626 g/mol. The van der Waals surface area contributed by atoms with Gasteiger partial charge >= 0.3 is 5.97 Å². The van der Waals surface area contributed by atoms with Crippen LogP contribution in [-0.4, -0.2) is 182 Å². The molecule has 0 fully saturated rings. The van der Waals surface area contributed by atoms with Gasteiger partial charge in [-0.15, -0.1) is 0 Å². The van der Waals surface area contributed by atoms with E-state index in [0.29, 0.717) is 172 Å². The van der Waals surface area contributed by atoms with Crippen LogP contribution in [0.2, 0.25) is 0 Å². The second kappa shape index (κ2) is 40.6. The molecule has 16 nitrogen and oxygen atoms in total. The van der Waals surface area contributed by atoms with E-state index in [4.69, 9.17) is 61.9 Å². The predicted octanol–water partition coefficient (Wildman–Crippen LogP) is 0.577. The van der Waals surface area contributed by atoms with E-state index in [-0.39, 0.29) is 18.7 Å². The number of rotatable bonds is 41. The Morgan fingerprint density at radius 1 is 0.404 bits per heavy atom. The number of amides is 1. The number of carbonyl (C=O) groups excluding carboxylic acids is 1. The molecule has 280 valence electrons. The molecule has 0 saturated carbocycles. The molecule has 0 aromatic rings. The molecule has 0 rings (SSSR count). The first-order valence-corrected chi connectivity index (χ1v) is 16.6. The zero-order valence-electron chi connectivity index (χ0n) is 28.5. The number of carboxylic acid groups (broad SMARTS) is 1. The molecule has 0 aliphatic rings. The Morgan fingerprint density at radius 2 is 0.660 bits per heavy atom. The van der Waals surface area contributed by atoms with Crippen molar-refractivity contribution in [1.29, 1.82) is 0 Å². The number of ether oxygens (including phenoxy) is 12. The minimum atomic E-state index is -0.983. The molecule has 2 N–H and O–H groups in total. The number of carboxylic acids is 1. The molecule has 1 amide bonds. The molecule has 0 aliphatic carbocycles. The van der Waals surface area contributed by atoms with E-state index in [2.05, 4.69) is 5.32 Å². The molecule has 0 bridgehead atoms. The Bertz CT molecular complexity index is 648. The molecule has 16 heteroatoms. The van der Waals surface area contributed by atoms with Crippen molar-refractivity contribution in [2.75, 3.05) is 165 Å². The van der Waals surface area contributed by atoms with Gasteiger partial charge in [0.05, 0.1) is 152 Å². The summed E-state index contributed by atoms with van der Waals surface area (Å²) in [7, 11) is 0. The number of carbonyl (C=O) groups is 2. The van der Waals surface area contributed by atoms with Gasteiger partial charge in [-0.2, -0.15) is 0 Å². The average molecular weight is 688 g/mol. The van der Waals surface area contributed by atoms with Crippen molar-refractivity contribution in [3.8, 4) is 0 Å². The standard InChI is InChI=1S/C31H61NO15/c1-2-36-8-9-38-12-13-40-16-17-42-20-21-44-24-25-46-28-29-47-27-26-45-23-22-43-19-18-41-15-14-39-11-10-37-7-3-6-32-30(33)4-5-31(34)35/h2-29H2,1H3,(H,32,33)(H,34,35). The highest BCUT2D eigenvalue weighted by Gasteiger charge is 2.04. The number of hydrogen-bond donors (Lipinski definition) is 2. The summed E-state index contributed by atoms with van der Waals surface area (Å²) in [5.74, 6) is -1.25. The largest absolute Gasteiger partial charge is 0.481 e. The summed E-state index contributed by atoms with van der Waals surface area (Å²) in [6, 6.07) is 0. The zero-order chi connectivity index (χ0) is 34.1. The lowest BCUT2D eigenvalue weighted by Crippen LogP contribution is -2.25. The summed E-state index contributed by atoms with van der Waals surface area (Å²) >= 11 is 0. The lowest BCUT2D eigenvalue weighted by atomic mass is 10.3. The quantitative estimate of drug-likeness (QED) is 0.0853. The lowest BCUT2D eigenvalue weighted by molar-refractivity contribution is -0.138. The lowest BCUT2D eigenvalue weighted by Gasteiger charge is -2.09. The minimum Gasteiger partial charge on any atom is -0.481 e. The van der Waals surface area contributed by atoms with Crippen molar-refractivity contribution in [3.63, 3.8) is 0 Å². The fraction of sp³-hybridized carbons (Fsp3) is 0.935. The van der Waals surface area contributed by atoms with Crippen LogP contribution in [0.25, 0.3) is 0 Å². The predicted molar refractivity (Wildman–Crippen MR) is 170 cm³/mol. The third-order valence-corrected chi connectivity index (χ3v) is 5.65. The van der Waals surface area contributed by atoms with Gasteiger partial charge in [-0.25, -0.2) is 0 Å². The summed E-state index contributed by atoms with van der Waals surface area (Å²) in [6.45, 7) is 14.7. The van der Waals surface area contributed by atoms with Gasteiger partial charge < -0.3 is 67.3 Å². The molecule has 0 unspecified atom stereocenters. The van der Waals surface area contributed by atoms with Crippen molar-refractivity contribution < 1.29 is 71.5 Å². The number of aliphatic carboxylic acids is 1. The Morgan fingerprint density at radius 3 is 0.915 bits per heavy atom. The van der Waals surface area contributed by atoms with Gasteiger partial charge in [-0.3, -0.25) is 9.59 Å². The molecular formula is C31H61NO15. The molecule has 0 aliphatic heterocycles. The molecule has 0 aromatic carbocycles. The first kappa shape index (κ1) is 45.5. The van der Waals surface area contributed by atoms with Crippen LogP contribution in [-0.2, 0) is 66.4 Å². The van der Waals surface area contributed by atoms with E-state index in [1.54, 1.807) is 0 Å². The molecule has 0 atom stereocenters. The Labute approximate surface area is 280 Å². The van der Waals surface area contributed by atoms with E-state index < -0.39 is 5.97 Å². The van der Waals surface area contributed by atoms with Gasteiger partial charge in [0.25, 0.3) is 0 Å². The van der Waals surface area contributed by atoms with Crippen molar-refractivity contribution in [3.05, 3.63) is 0 Å². The second-order valence-corrected chi connectivity index (χ2v) is 9.53. The van der Waals surface area contributed by atoms with Gasteiger partial charge in [0.2, 0.25) is 5.91 Å². The normalized spacial score (nSPS) is 11.3. The van der Waals surface area contributed by atoms with Crippen LogP contribution in [0.15, 0.2) is 0 Å². The Hall–Kier alpha value is -1.54. The Kier molecular flexibility index (Phi) is 39.3. The second-order valence-electron chi connectivity index (χ2n) is 9.53. The molecule has 0 heterocycles. The maximum atomic E-state index is 11.4. The summed E-state index contributed by atoms with van der Waals surface area (Å²) < 4.78 is 65.0. The van der Waals surface area contributed by atoms with Crippen LogP contribution >= 0.6 is 0 Å². The maximum Gasteiger partial charge on any atom is 0.303 e. The third-order valence-electron chi connectivity index (χ3n) is 5.65. The molecule has 47 heavy (non-hydrogen) atoms. The van der Waals surface area contributed by atoms with Crippen LogP contribution in [0.4, 0.5) is 0 Å².